The van der Waals surface area contributed by atoms with E-state index in [9.17, 15) is 0 Å². The second kappa shape index (κ2) is 3.05. The highest BCUT2D eigenvalue weighted by molar-refractivity contribution is 5.47. The minimum absolute atomic E-state index is 0.740. The number of aryl methyl sites for hydroxylation is 1. The summed E-state index contributed by atoms with van der Waals surface area (Å²) < 4.78 is 1.94. The van der Waals surface area contributed by atoms with Crippen LogP contribution < -0.4 is 5.73 Å². The minimum atomic E-state index is 0.740. The fourth-order valence-corrected chi connectivity index (χ4v) is 1.35. The number of pyridine rings is 1. The van der Waals surface area contributed by atoms with Gasteiger partial charge in [-0.25, -0.2) is 0 Å². The molecule has 4 nitrogen and oxygen atoms in total. The molecule has 4 heteroatoms. The van der Waals surface area contributed by atoms with E-state index in [2.05, 4.69) is 17.1 Å². The van der Waals surface area contributed by atoms with Crippen LogP contribution in [-0.4, -0.2) is 14.6 Å². The number of nitrogen functional groups attached to an aromatic ring is 1. The van der Waals surface area contributed by atoms with Crippen molar-refractivity contribution in [2.45, 2.75) is 19.8 Å². The Hall–Kier alpha value is -1.58. The van der Waals surface area contributed by atoms with Gasteiger partial charge in [-0.2, -0.15) is 0 Å². The Morgan fingerprint density at radius 3 is 3.00 bits per heavy atom. The minimum Gasteiger partial charge on any atom is -0.398 e. The number of anilines is 1. The Kier molecular flexibility index (Phi) is 1.88. The van der Waals surface area contributed by atoms with E-state index in [-0.39, 0.29) is 0 Å². The SMILES string of the molecule is CCCc1nnc2ccc(N)cn12. The van der Waals surface area contributed by atoms with Crippen molar-refractivity contribution < 1.29 is 0 Å². The van der Waals surface area contributed by atoms with Gasteiger partial charge in [0.2, 0.25) is 0 Å². The summed E-state index contributed by atoms with van der Waals surface area (Å²) in [7, 11) is 0. The van der Waals surface area contributed by atoms with Crippen molar-refractivity contribution in [3.05, 3.63) is 24.2 Å². The highest BCUT2D eigenvalue weighted by Crippen LogP contribution is 2.08. The second-order valence-electron chi connectivity index (χ2n) is 3.06. The first kappa shape index (κ1) is 8.04. The van der Waals surface area contributed by atoms with E-state index < -0.39 is 0 Å². The van der Waals surface area contributed by atoms with Crippen LogP contribution in [0.3, 0.4) is 0 Å². The number of aromatic nitrogens is 3. The standard InChI is InChI=1S/C9H12N4/c1-2-3-8-11-12-9-5-4-7(10)6-13(8)9/h4-6H,2-3,10H2,1H3. The Morgan fingerprint density at radius 2 is 2.23 bits per heavy atom. The quantitative estimate of drug-likeness (QED) is 0.749. The number of nitrogens with two attached hydrogens (primary N) is 1. The molecule has 0 radical (unpaired) electrons. The fourth-order valence-electron chi connectivity index (χ4n) is 1.35. The van der Waals surface area contributed by atoms with Crippen LogP contribution in [0.2, 0.25) is 0 Å². The average Bonchev–Trinajstić information content (AvgIpc) is 2.49. The van der Waals surface area contributed by atoms with Crippen LogP contribution in [0.1, 0.15) is 19.2 Å². The van der Waals surface area contributed by atoms with Crippen molar-refractivity contribution in [1.82, 2.24) is 14.6 Å². The van der Waals surface area contributed by atoms with Crippen LogP contribution in [0.15, 0.2) is 18.3 Å². The van der Waals surface area contributed by atoms with Gasteiger partial charge in [-0.3, -0.25) is 4.40 Å². The highest BCUT2D eigenvalue weighted by atomic mass is 15.2. The molecule has 0 spiro atoms. The summed E-state index contributed by atoms with van der Waals surface area (Å²) >= 11 is 0. The zero-order valence-electron chi connectivity index (χ0n) is 7.57. The molecule has 0 aromatic carbocycles. The van der Waals surface area contributed by atoms with Gasteiger partial charge in [0, 0.05) is 18.3 Å². The smallest absolute Gasteiger partial charge is 0.160 e. The molecule has 0 aliphatic heterocycles. The maximum atomic E-state index is 5.67. The van der Waals surface area contributed by atoms with Gasteiger partial charge in [-0.15, -0.1) is 10.2 Å². The summed E-state index contributed by atoms with van der Waals surface area (Å²) in [5.41, 5.74) is 7.27. The highest BCUT2D eigenvalue weighted by Gasteiger charge is 2.03. The molecular formula is C9H12N4. The Morgan fingerprint density at radius 1 is 1.38 bits per heavy atom. The first-order valence-corrected chi connectivity index (χ1v) is 4.40. The van der Waals surface area contributed by atoms with Crippen molar-refractivity contribution in [3.63, 3.8) is 0 Å². The molecule has 0 aliphatic rings. The third kappa shape index (κ3) is 1.35. The van der Waals surface area contributed by atoms with Gasteiger partial charge in [-0.1, -0.05) is 6.92 Å². The van der Waals surface area contributed by atoms with E-state index in [0.717, 1.165) is 30.0 Å². The molecule has 0 bridgehead atoms. The molecule has 0 fully saturated rings. The molecule has 13 heavy (non-hydrogen) atoms. The van der Waals surface area contributed by atoms with Gasteiger partial charge in [0.25, 0.3) is 0 Å². The molecular weight excluding hydrogens is 164 g/mol. The summed E-state index contributed by atoms with van der Waals surface area (Å²) in [4.78, 5) is 0. The molecule has 0 saturated carbocycles. The van der Waals surface area contributed by atoms with Crippen LogP contribution >= 0.6 is 0 Å². The van der Waals surface area contributed by atoms with Crippen LogP contribution in [0, 0.1) is 0 Å². The molecule has 0 atom stereocenters. The lowest BCUT2D eigenvalue weighted by Crippen LogP contribution is -1.95. The zero-order valence-corrected chi connectivity index (χ0v) is 7.57. The first-order chi connectivity index (χ1) is 6.31. The van der Waals surface area contributed by atoms with Gasteiger partial charge in [0.05, 0.1) is 0 Å². The number of hydrogen-bond donors (Lipinski definition) is 1. The molecule has 0 unspecified atom stereocenters. The van der Waals surface area contributed by atoms with Crippen molar-refractivity contribution >= 4 is 11.3 Å². The van der Waals surface area contributed by atoms with E-state index in [4.69, 9.17) is 5.73 Å². The molecule has 0 saturated heterocycles. The Labute approximate surface area is 76.4 Å². The van der Waals surface area contributed by atoms with E-state index in [1.165, 1.54) is 0 Å². The topological polar surface area (TPSA) is 56.2 Å². The maximum absolute atomic E-state index is 5.67. The van der Waals surface area contributed by atoms with Crippen molar-refractivity contribution in [3.8, 4) is 0 Å². The van der Waals surface area contributed by atoms with Gasteiger partial charge in [-0.05, 0) is 18.6 Å². The maximum Gasteiger partial charge on any atom is 0.160 e. The van der Waals surface area contributed by atoms with Crippen LogP contribution in [0.5, 0.6) is 0 Å². The molecule has 2 aromatic heterocycles. The summed E-state index contributed by atoms with van der Waals surface area (Å²) in [5, 5.41) is 8.12. The molecule has 0 amide bonds. The van der Waals surface area contributed by atoms with Crippen molar-refractivity contribution in [2.75, 3.05) is 5.73 Å². The molecule has 2 aromatic rings. The lowest BCUT2D eigenvalue weighted by molar-refractivity contribution is 0.818. The summed E-state index contributed by atoms with van der Waals surface area (Å²) in [6.45, 7) is 2.12. The molecule has 2 heterocycles. The van der Waals surface area contributed by atoms with Crippen molar-refractivity contribution in [1.29, 1.82) is 0 Å². The van der Waals surface area contributed by atoms with Crippen LogP contribution in [0.4, 0.5) is 5.69 Å². The first-order valence-electron chi connectivity index (χ1n) is 4.40. The van der Waals surface area contributed by atoms with Gasteiger partial charge >= 0.3 is 0 Å². The number of fused-ring (bicyclic) bond motifs is 1. The Bertz CT molecular complexity index is 418. The monoisotopic (exact) mass is 176 g/mol. The Balaban J connectivity index is 2.58. The number of rotatable bonds is 2. The molecule has 0 aliphatic carbocycles. The second-order valence-corrected chi connectivity index (χ2v) is 3.06. The van der Waals surface area contributed by atoms with E-state index in [1.54, 1.807) is 0 Å². The average molecular weight is 176 g/mol. The fraction of sp³-hybridized carbons (Fsp3) is 0.333. The lowest BCUT2D eigenvalue weighted by atomic mass is 10.3. The number of hydrogen-bond acceptors (Lipinski definition) is 3. The van der Waals surface area contributed by atoms with Crippen molar-refractivity contribution in [2.24, 2.45) is 0 Å². The summed E-state index contributed by atoms with van der Waals surface area (Å²) in [5.74, 6) is 0.977. The summed E-state index contributed by atoms with van der Waals surface area (Å²) in [6, 6.07) is 3.71. The largest absolute Gasteiger partial charge is 0.398 e. The normalized spacial score (nSPS) is 10.8. The van der Waals surface area contributed by atoms with Gasteiger partial charge < -0.3 is 5.73 Å². The lowest BCUT2D eigenvalue weighted by Gasteiger charge is -1.98. The van der Waals surface area contributed by atoms with E-state index >= 15 is 0 Å². The zero-order chi connectivity index (χ0) is 9.26. The molecule has 2 N–H and O–H groups in total. The van der Waals surface area contributed by atoms with Crippen LogP contribution in [-0.2, 0) is 6.42 Å². The molecule has 68 valence electrons. The molecule has 2 rings (SSSR count). The summed E-state index contributed by atoms with van der Waals surface area (Å²) in [6.07, 6.45) is 3.86. The van der Waals surface area contributed by atoms with E-state index in [1.807, 2.05) is 22.7 Å². The predicted molar refractivity (Wildman–Crippen MR) is 51.4 cm³/mol. The van der Waals surface area contributed by atoms with Gasteiger partial charge in [0.15, 0.2) is 5.65 Å². The van der Waals surface area contributed by atoms with Crippen LogP contribution in [0.25, 0.3) is 5.65 Å². The van der Waals surface area contributed by atoms with E-state index in [0.29, 0.717) is 0 Å². The van der Waals surface area contributed by atoms with Gasteiger partial charge in [0.1, 0.15) is 5.82 Å². The predicted octanol–water partition coefficient (Wildman–Crippen LogP) is 1.26. The third-order valence-corrected chi connectivity index (χ3v) is 1.97. The third-order valence-electron chi connectivity index (χ3n) is 1.97. The number of nitrogens with zero attached hydrogens (tertiary/aromatic N) is 3.